The molecule has 0 aromatic rings. The highest BCUT2D eigenvalue weighted by Crippen LogP contribution is 2.19. The third-order valence-corrected chi connectivity index (χ3v) is 0.705. The van der Waals surface area contributed by atoms with E-state index in [4.69, 9.17) is 16.4 Å². The number of hydrogen-bond acceptors (Lipinski definition) is 3. The van der Waals surface area contributed by atoms with E-state index in [1.165, 1.54) is 0 Å². The largest absolute Gasteiger partial charge is 0.387 e. The Kier molecular flexibility index (Phi) is 1.06. The zero-order valence-corrected chi connectivity index (χ0v) is 6.80. The zero-order valence-electron chi connectivity index (χ0n) is 18.8. The number of rotatable bonds is 1. The lowest BCUT2D eigenvalue weighted by Crippen LogP contribution is -2.44. The maximum absolute atomic E-state index is 9.90. The second-order valence-corrected chi connectivity index (χ2v) is 2.34. The van der Waals surface area contributed by atoms with Gasteiger partial charge in [-0.15, -0.1) is 0 Å². The van der Waals surface area contributed by atoms with E-state index >= 15 is 0 Å². The van der Waals surface area contributed by atoms with Gasteiger partial charge in [-0.05, 0) is 41.3 Å². The molecule has 0 aromatic carbocycles. The van der Waals surface area contributed by atoms with Crippen molar-refractivity contribution in [1.82, 2.24) is 0 Å². The second kappa shape index (κ2) is 4.58. The Morgan fingerprint density at radius 3 is 1.67 bits per heavy atom. The number of carbonyl (C=O) groups is 1. The van der Waals surface area contributed by atoms with Crippen LogP contribution >= 0.6 is 0 Å². The van der Waals surface area contributed by atoms with Crippen LogP contribution in [0.25, 0.3) is 0 Å². The second-order valence-electron chi connectivity index (χ2n) is 2.34. The Morgan fingerprint density at radius 2 is 1.58 bits per heavy atom. The van der Waals surface area contributed by atoms with Gasteiger partial charge < -0.3 is 15.0 Å². The van der Waals surface area contributed by atoms with Gasteiger partial charge in [-0.25, -0.2) is 0 Å². The first kappa shape index (κ1) is 2.79. The number of hydrogen-bond donors (Lipinski definition) is 2. The highest BCUT2D eigenvalue weighted by molar-refractivity contribution is 5.72. The molecule has 74 valence electrons. The summed E-state index contributed by atoms with van der Waals surface area (Å²) in [5.74, 6) is -0.757. The highest BCUT2D eigenvalue weighted by Gasteiger charge is 2.31. The summed E-state index contributed by atoms with van der Waals surface area (Å²) in [5.41, 5.74) is -7.06. The third-order valence-electron chi connectivity index (χ3n) is 0.705. The van der Waals surface area contributed by atoms with Crippen molar-refractivity contribution in [3.05, 3.63) is 0 Å². The molecular formula is C9H20O3. The fourth-order valence-corrected chi connectivity index (χ4v) is 0. The van der Waals surface area contributed by atoms with Crippen LogP contribution < -0.4 is 0 Å². The molecule has 0 spiro atoms. The maximum atomic E-state index is 9.90. The molecule has 1 atom stereocenters. The first-order valence-electron chi connectivity index (χ1n) is 8.90. The highest BCUT2D eigenvalue weighted by atomic mass is 16.3. The van der Waals surface area contributed by atoms with Crippen LogP contribution in [0.15, 0.2) is 0 Å². The summed E-state index contributed by atoms with van der Waals surface area (Å²) in [4.78, 5) is 9.90. The summed E-state index contributed by atoms with van der Waals surface area (Å²) in [6, 6.07) is 0. The van der Waals surface area contributed by atoms with Gasteiger partial charge in [-0.2, -0.15) is 0 Å². The van der Waals surface area contributed by atoms with E-state index in [-0.39, 0.29) is 0 Å². The van der Waals surface area contributed by atoms with Crippen molar-refractivity contribution < 1.29 is 31.5 Å². The van der Waals surface area contributed by atoms with Gasteiger partial charge >= 0.3 is 0 Å². The molecular weight excluding hydrogens is 156 g/mol. The molecule has 0 radical (unpaired) electrons. The van der Waals surface area contributed by atoms with E-state index in [2.05, 4.69) is 0 Å². The van der Waals surface area contributed by atoms with Crippen molar-refractivity contribution >= 4 is 5.78 Å². The standard InChI is InChI=1S/C6H14O2.C3H6O/c1-5(2,7)6(3,4)8;1-3(2)4/h7-8H,1-4H3;1-2H3/i1D3,2D3,3D3;1D3. The molecule has 0 aliphatic heterocycles. The molecule has 0 bridgehead atoms. The summed E-state index contributed by atoms with van der Waals surface area (Å²) < 4.78 is 82.0. The lowest BCUT2D eigenvalue weighted by Gasteiger charge is -2.31. The summed E-state index contributed by atoms with van der Waals surface area (Å²) >= 11 is 0. The number of aliphatic hydroxyl groups is 2. The van der Waals surface area contributed by atoms with Crippen molar-refractivity contribution in [2.24, 2.45) is 0 Å². The van der Waals surface area contributed by atoms with Crippen molar-refractivity contribution in [3.63, 3.8) is 0 Å². The summed E-state index contributed by atoms with van der Waals surface area (Å²) in [5, 5.41) is 19.5. The Balaban J connectivity index is 0. The van der Waals surface area contributed by atoms with Crippen LogP contribution in [0.1, 0.15) is 57.7 Å². The molecule has 0 heterocycles. The Bertz CT molecular complexity index is 425. The molecule has 0 saturated heterocycles. The van der Waals surface area contributed by atoms with E-state index < -0.39 is 44.4 Å². The molecule has 0 amide bonds. The van der Waals surface area contributed by atoms with Gasteiger partial charge in [0.05, 0.1) is 11.2 Å². The molecule has 12 heavy (non-hydrogen) atoms. The molecule has 3 heteroatoms. The van der Waals surface area contributed by atoms with Crippen molar-refractivity contribution in [2.45, 2.75) is 52.5 Å². The first-order chi connectivity index (χ1) is 9.94. The van der Waals surface area contributed by atoms with Gasteiger partial charge in [0.25, 0.3) is 0 Å². The molecule has 0 rings (SSSR count). The minimum Gasteiger partial charge on any atom is -0.387 e. The van der Waals surface area contributed by atoms with Gasteiger partial charge in [0, 0.05) is 16.4 Å². The van der Waals surface area contributed by atoms with Crippen LogP contribution in [0.5, 0.6) is 0 Å². The molecule has 0 saturated carbocycles. The van der Waals surface area contributed by atoms with E-state index in [0.717, 1.165) is 6.92 Å². The Morgan fingerprint density at radius 1 is 1.25 bits per heavy atom. The van der Waals surface area contributed by atoms with Gasteiger partial charge in [0.2, 0.25) is 0 Å². The fraction of sp³-hybridized carbons (Fsp3) is 0.889. The van der Waals surface area contributed by atoms with Crippen molar-refractivity contribution in [1.29, 1.82) is 0 Å². The molecule has 0 aromatic heterocycles. The van der Waals surface area contributed by atoms with E-state index in [1.807, 2.05) is 0 Å². The minimum atomic E-state index is -3.75. The van der Waals surface area contributed by atoms with Crippen LogP contribution in [0, 0.1) is 0 Å². The Labute approximate surface area is 91.3 Å². The summed E-state index contributed by atoms with van der Waals surface area (Å²) in [7, 11) is 0. The first-order valence-corrected chi connectivity index (χ1v) is 2.90. The summed E-state index contributed by atoms with van der Waals surface area (Å²) in [6.07, 6.45) is 0. The normalized spacial score (nSPS) is 34.7. The van der Waals surface area contributed by atoms with Crippen LogP contribution in [0.4, 0.5) is 0 Å². The predicted molar refractivity (Wildman–Crippen MR) is 49.0 cm³/mol. The lowest BCUT2D eigenvalue weighted by atomic mass is 9.90. The van der Waals surface area contributed by atoms with E-state index in [1.54, 1.807) is 0 Å². The SMILES string of the molecule is [2H]C([2H])([2H])C(C)(O)C(O)(C([2H])([2H])[2H])C([2H])([2H])[2H].[2H]C([2H])([2H])C(C)=O. The van der Waals surface area contributed by atoms with Gasteiger partial charge in [0.15, 0.2) is 0 Å². The number of ketones is 1. The van der Waals surface area contributed by atoms with Crippen LogP contribution in [-0.2, 0) is 4.79 Å². The molecule has 0 aliphatic carbocycles. The predicted octanol–water partition coefficient (Wildman–Crippen LogP) is 1.12. The smallest absolute Gasteiger partial charge is 0.126 e. The zero-order chi connectivity index (χ0) is 20.6. The molecule has 0 aliphatic rings. The van der Waals surface area contributed by atoms with Gasteiger partial charge in [-0.1, -0.05) is 0 Å². The lowest BCUT2D eigenvalue weighted by molar-refractivity contribution is -0.114. The average molecular weight is 188 g/mol. The summed E-state index contributed by atoms with van der Waals surface area (Å²) in [6.45, 7) is -11.4. The van der Waals surface area contributed by atoms with Crippen LogP contribution in [0.3, 0.4) is 0 Å². The molecule has 3 nitrogen and oxygen atoms in total. The van der Waals surface area contributed by atoms with Gasteiger partial charge in [-0.3, -0.25) is 0 Å². The average Bonchev–Trinajstić information content (AvgIpc) is 2.22. The van der Waals surface area contributed by atoms with E-state index in [0.29, 0.717) is 6.92 Å². The number of carbonyl (C=O) groups excluding carboxylic acids is 1. The van der Waals surface area contributed by atoms with Crippen molar-refractivity contribution in [3.8, 4) is 0 Å². The molecule has 1 unspecified atom stereocenters. The third kappa shape index (κ3) is 9.59. The maximum Gasteiger partial charge on any atom is 0.126 e. The monoisotopic (exact) mass is 188 g/mol. The molecule has 0 fully saturated rings. The number of Topliss-reactive ketones (excluding diaryl/α,β-unsaturated/α-hetero) is 1. The van der Waals surface area contributed by atoms with Crippen LogP contribution in [0.2, 0.25) is 0 Å². The Hall–Kier alpha value is -0.410. The van der Waals surface area contributed by atoms with Crippen molar-refractivity contribution in [2.75, 3.05) is 0 Å². The topological polar surface area (TPSA) is 57.5 Å². The minimum absolute atomic E-state index is 0.471. The van der Waals surface area contributed by atoms with Gasteiger partial charge in [0.1, 0.15) is 5.78 Å². The quantitative estimate of drug-likeness (QED) is 0.648. The van der Waals surface area contributed by atoms with Crippen LogP contribution in [-0.4, -0.2) is 27.2 Å². The fourth-order valence-electron chi connectivity index (χ4n) is 0. The van der Waals surface area contributed by atoms with E-state index in [9.17, 15) is 15.0 Å². The molecule has 2 N–H and O–H groups in total.